The van der Waals surface area contributed by atoms with Crippen molar-refractivity contribution in [2.45, 2.75) is 93.9 Å². The zero-order valence-electron chi connectivity index (χ0n) is 21.7. The number of fused-ring (bicyclic) bond motifs is 6. The highest BCUT2D eigenvalue weighted by atomic mass is 16.1. The molecular formula is C30H44O2. The number of carbonyl (C=O) groups is 2. The second-order valence-corrected chi connectivity index (χ2v) is 13.7. The maximum Gasteiger partial charge on any atom is 0.129 e. The zero-order chi connectivity index (χ0) is 23.4. The summed E-state index contributed by atoms with van der Waals surface area (Å²) in [6, 6.07) is 0. The Kier molecular flexibility index (Phi) is 4.89. The number of carbonyl (C=O) groups excluding carboxylic acids is 2. The van der Waals surface area contributed by atoms with Crippen LogP contribution >= 0.6 is 0 Å². The smallest absolute Gasteiger partial charge is 0.129 e. The summed E-state index contributed by atoms with van der Waals surface area (Å²) >= 11 is 0. The summed E-state index contributed by atoms with van der Waals surface area (Å²) in [6.45, 7) is 18.3. The highest BCUT2D eigenvalue weighted by Gasteiger charge is 2.68. The lowest BCUT2D eigenvalue weighted by Gasteiger charge is -2.41. The molecule has 2 nitrogen and oxygen atoms in total. The zero-order valence-corrected chi connectivity index (χ0v) is 21.7. The number of allylic oxidation sites excluding steroid dienone is 4. The van der Waals surface area contributed by atoms with Gasteiger partial charge in [0.25, 0.3) is 0 Å². The summed E-state index contributed by atoms with van der Waals surface area (Å²) in [7, 11) is 0. The minimum atomic E-state index is 0.313. The van der Waals surface area contributed by atoms with Gasteiger partial charge in [0.05, 0.1) is 0 Å². The highest BCUT2D eigenvalue weighted by molar-refractivity contribution is 5.75. The molecule has 0 aliphatic heterocycles. The fourth-order valence-electron chi connectivity index (χ4n) is 9.34. The lowest BCUT2D eigenvalue weighted by molar-refractivity contribution is -0.118. The SMILES string of the molecule is CC(=O)CCC1C(C2=CC3CC2(C)C2CC3C(C3C(CCC(C)=O)C3(C)C)=C2C)C1(C)C. The van der Waals surface area contributed by atoms with Gasteiger partial charge in [0.15, 0.2) is 0 Å². The molecule has 5 aliphatic rings. The molecule has 2 heteroatoms. The topological polar surface area (TPSA) is 34.1 Å². The first kappa shape index (κ1) is 22.6. The molecule has 4 bridgehead atoms. The van der Waals surface area contributed by atoms with Gasteiger partial charge in [-0.3, -0.25) is 0 Å². The van der Waals surface area contributed by atoms with Crippen molar-refractivity contribution in [1.82, 2.24) is 0 Å². The Labute approximate surface area is 195 Å². The summed E-state index contributed by atoms with van der Waals surface area (Å²) in [4.78, 5) is 23.3. The van der Waals surface area contributed by atoms with Gasteiger partial charge in [-0.2, -0.15) is 0 Å². The van der Waals surface area contributed by atoms with E-state index in [-0.39, 0.29) is 0 Å². The maximum absolute atomic E-state index is 11.6. The molecule has 0 aromatic rings. The van der Waals surface area contributed by atoms with Crippen molar-refractivity contribution >= 4 is 11.6 Å². The van der Waals surface area contributed by atoms with Crippen LogP contribution in [0.1, 0.15) is 93.9 Å². The molecule has 3 fully saturated rings. The van der Waals surface area contributed by atoms with Gasteiger partial charge in [0, 0.05) is 12.8 Å². The van der Waals surface area contributed by atoms with Gasteiger partial charge in [-0.1, -0.05) is 57.4 Å². The van der Waals surface area contributed by atoms with Crippen LogP contribution in [0, 0.1) is 57.7 Å². The predicted molar refractivity (Wildman–Crippen MR) is 130 cm³/mol. The average Bonchev–Trinajstić information content (AvgIpc) is 3.26. The van der Waals surface area contributed by atoms with E-state index < -0.39 is 0 Å². The van der Waals surface area contributed by atoms with Crippen molar-refractivity contribution in [3.8, 4) is 0 Å². The molecular weight excluding hydrogens is 392 g/mol. The van der Waals surface area contributed by atoms with Gasteiger partial charge in [-0.05, 0) is 104 Å². The van der Waals surface area contributed by atoms with Crippen molar-refractivity contribution in [2.75, 3.05) is 0 Å². The van der Waals surface area contributed by atoms with Gasteiger partial charge in [0.1, 0.15) is 11.6 Å². The van der Waals surface area contributed by atoms with Gasteiger partial charge >= 0.3 is 0 Å². The first-order chi connectivity index (χ1) is 14.8. The molecule has 0 amide bonds. The van der Waals surface area contributed by atoms with Gasteiger partial charge < -0.3 is 9.59 Å². The second kappa shape index (κ2) is 6.92. The Bertz CT molecular complexity index is 930. The number of rotatable bonds is 8. The number of Topliss-reactive ketones (excluding diaryl/α,β-unsaturated/α-hetero) is 2. The Morgan fingerprint density at radius 1 is 0.906 bits per heavy atom. The molecule has 32 heavy (non-hydrogen) atoms. The molecule has 0 aromatic heterocycles. The van der Waals surface area contributed by atoms with Crippen LogP contribution < -0.4 is 0 Å². The summed E-state index contributed by atoms with van der Waals surface area (Å²) in [6.07, 6.45) is 9.03. The van der Waals surface area contributed by atoms with E-state index in [1.54, 1.807) is 30.6 Å². The molecule has 5 rings (SSSR count). The third-order valence-electron chi connectivity index (χ3n) is 11.3. The minimum Gasteiger partial charge on any atom is -0.300 e. The summed E-state index contributed by atoms with van der Waals surface area (Å²) in [5.41, 5.74) is 6.29. The number of hydrogen-bond donors (Lipinski definition) is 0. The summed E-state index contributed by atoms with van der Waals surface area (Å²) in [5.74, 6) is 5.53. The largest absolute Gasteiger partial charge is 0.300 e. The van der Waals surface area contributed by atoms with Crippen molar-refractivity contribution in [3.05, 3.63) is 22.8 Å². The normalized spacial score (nSPS) is 44.5. The molecule has 0 saturated heterocycles. The van der Waals surface area contributed by atoms with Gasteiger partial charge in [-0.25, -0.2) is 0 Å². The minimum absolute atomic E-state index is 0.313. The third kappa shape index (κ3) is 3.03. The third-order valence-corrected chi connectivity index (χ3v) is 11.3. The van der Waals surface area contributed by atoms with Crippen LogP contribution in [-0.4, -0.2) is 11.6 Å². The first-order valence-electron chi connectivity index (χ1n) is 13.2. The van der Waals surface area contributed by atoms with Crippen LogP contribution in [0.15, 0.2) is 22.8 Å². The molecule has 0 radical (unpaired) electrons. The van der Waals surface area contributed by atoms with Crippen molar-refractivity contribution < 1.29 is 9.59 Å². The Balaban J connectivity index is 1.40. The van der Waals surface area contributed by atoms with E-state index in [1.807, 2.05) is 0 Å². The lowest BCUT2D eigenvalue weighted by atomic mass is 9.63. The van der Waals surface area contributed by atoms with E-state index in [9.17, 15) is 9.59 Å². The van der Waals surface area contributed by atoms with Crippen LogP contribution in [0.25, 0.3) is 0 Å². The van der Waals surface area contributed by atoms with E-state index in [1.165, 1.54) is 12.8 Å². The van der Waals surface area contributed by atoms with E-state index in [0.29, 0.717) is 63.3 Å². The Hall–Kier alpha value is -1.18. The molecule has 3 saturated carbocycles. The quantitative estimate of drug-likeness (QED) is 0.377. The Morgan fingerprint density at radius 3 is 2.00 bits per heavy atom. The molecule has 0 spiro atoms. The molecule has 5 aliphatic carbocycles. The highest BCUT2D eigenvalue weighted by Crippen LogP contribution is 2.76. The van der Waals surface area contributed by atoms with E-state index in [4.69, 9.17) is 0 Å². The monoisotopic (exact) mass is 436 g/mol. The molecule has 8 atom stereocenters. The van der Waals surface area contributed by atoms with E-state index >= 15 is 0 Å². The fraction of sp³-hybridized carbons (Fsp3) is 0.800. The first-order valence-corrected chi connectivity index (χ1v) is 13.2. The molecule has 0 heterocycles. The molecule has 0 aromatic carbocycles. The van der Waals surface area contributed by atoms with Gasteiger partial charge in [-0.15, -0.1) is 0 Å². The molecule has 176 valence electrons. The van der Waals surface area contributed by atoms with Crippen LogP contribution in [0.2, 0.25) is 0 Å². The summed E-state index contributed by atoms with van der Waals surface area (Å²) < 4.78 is 0. The van der Waals surface area contributed by atoms with Crippen molar-refractivity contribution in [3.63, 3.8) is 0 Å². The fourth-order valence-corrected chi connectivity index (χ4v) is 9.34. The Morgan fingerprint density at radius 2 is 1.44 bits per heavy atom. The van der Waals surface area contributed by atoms with Crippen LogP contribution in [0.3, 0.4) is 0 Å². The molecule has 8 unspecified atom stereocenters. The van der Waals surface area contributed by atoms with E-state index in [2.05, 4.69) is 47.6 Å². The lowest BCUT2D eigenvalue weighted by Crippen LogP contribution is -2.33. The predicted octanol–water partition coefficient (Wildman–Crippen LogP) is 7.19. The van der Waals surface area contributed by atoms with Crippen molar-refractivity contribution in [2.24, 2.45) is 57.7 Å². The standard InChI is InChI=1S/C30H44O2/c1-16(31)9-11-21-26(28(21,4)5)24-13-19-15-30(24,8)23-14-20(19)25(18(23)3)27-22(29(27,6)7)12-10-17(2)32/h13,19-23,26-27H,9-12,14-15H2,1-8H3. The van der Waals surface area contributed by atoms with E-state index in [0.717, 1.165) is 31.6 Å². The number of hydrogen-bond acceptors (Lipinski definition) is 2. The molecule has 0 N–H and O–H groups in total. The van der Waals surface area contributed by atoms with Crippen molar-refractivity contribution in [1.29, 1.82) is 0 Å². The maximum atomic E-state index is 11.6. The second-order valence-electron chi connectivity index (χ2n) is 13.7. The summed E-state index contributed by atoms with van der Waals surface area (Å²) in [5, 5.41) is 0. The van der Waals surface area contributed by atoms with Gasteiger partial charge in [0.2, 0.25) is 0 Å². The van der Waals surface area contributed by atoms with Crippen LogP contribution in [0.5, 0.6) is 0 Å². The average molecular weight is 437 g/mol. The van der Waals surface area contributed by atoms with Crippen LogP contribution in [0.4, 0.5) is 0 Å². The van der Waals surface area contributed by atoms with Crippen LogP contribution in [-0.2, 0) is 9.59 Å². The number of ketones is 2.